The standard InChI is InChI=1S/C22H19NO2S/c24-18-11-13-19(14-12-18)26-15-22(25)23-20-7-3-1-5-16(20)9-10-17-6-2-4-8-21(17)23/h1-8,11-14,24H,9-10,15H2. The molecule has 0 saturated carbocycles. The van der Waals surface area contributed by atoms with E-state index in [2.05, 4.69) is 12.1 Å². The topological polar surface area (TPSA) is 40.5 Å². The van der Waals surface area contributed by atoms with Gasteiger partial charge in [0.15, 0.2) is 0 Å². The molecule has 1 heterocycles. The number of phenols is 1. The van der Waals surface area contributed by atoms with E-state index in [9.17, 15) is 9.90 Å². The van der Waals surface area contributed by atoms with Gasteiger partial charge >= 0.3 is 0 Å². The van der Waals surface area contributed by atoms with Crippen LogP contribution in [0.5, 0.6) is 5.75 Å². The van der Waals surface area contributed by atoms with Gasteiger partial charge in [0.2, 0.25) is 5.91 Å². The molecule has 0 saturated heterocycles. The van der Waals surface area contributed by atoms with Crippen LogP contribution in [0.3, 0.4) is 0 Å². The minimum atomic E-state index is 0.0601. The predicted octanol–water partition coefficient (Wildman–Crippen LogP) is 4.95. The molecule has 3 aromatic rings. The Bertz CT molecular complexity index is 889. The zero-order valence-corrected chi connectivity index (χ0v) is 15.1. The molecule has 130 valence electrons. The monoisotopic (exact) mass is 361 g/mol. The molecule has 0 spiro atoms. The highest BCUT2D eigenvalue weighted by Gasteiger charge is 2.25. The summed E-state index contributed by atoms with van der Waals surface area (Å²) >= 11 is 1.48. The van der Waals surface area contributed by atoms with Crippen molar-refractivity contribution in [1.82, 2.24) is 0 Å². The van der Waals surface area contributed by atoms with Gasteiger partial charge in [0.05, 0.1) is 17.1 Å². The maximum absolute atomic E-state index is 13.2. The maximum atomic E-state index is 13.2. The average Bonchev–Trinajstić information content (AvgIpc) is 2.84. The van der Waals surface area contributed by atoms with Gasteiger partial charge < -0.3 is 5.11 Å². The van der Waals surface area contributed by atoms with Crippen molar-refractivity contribution in [2.24, 2.45) is 0 Å². The summed E-state index contributed by atoms with van der Waals surface area (Å²) < 4.78 is 0. The molecule has 0 bridgehead atoms. The number of aromatic hydroxyl groups is 1. The zero-order valence-electron chi connectivity index (χ0n) is 14.3. The molecule has 0 atom stereocenters. The van der Waals surface area contributed by atoms with Gasteiger partial charge in [0.25, 0.3) is 0 Å². The van der Waals surface area contributed by atoms with Crippen molar-refractivity contribution in [2.75, 3.05) is 10.7 Å². The maximum Gasteiger partial charge on any atom is 0.241 e. The Morgan fingerprint density at radius 2 is 1.38 bits per heavy atom. The Hall–Kier alpha value is -2.72. The Balaban J connectivity index is 1.65. The first-order chi connectivity index (χ1) is 12.7. The number of thioether (sulfide) groups is 1. The van der Waals surface area contributed by atoms with E-state index in [1.807, 2.05) is 53.4 Å². The number of phenolic OH excluding ortho intramolecular Hbond substituents is 1. The largest absolute Gasteiger partial charge is 0.508 e. The quantitative estimate of drug-likeness (QED) is 0.671. The smallest absolute Gasteiger partial charge is 0.241 e. The number of nitrogens with zero attached hydrogens (tertiary/aromatic N) is 1. The van der Waals surface area contributed by atoms with Gasteiger partial charge in [-0.2, -0.15) is 0 Å². The van der Waals surface area contributed by atoms with Crippen LogP contribution in [0.4, 0.5) is 11.4 Å². The molecule has 4 rings (SSSR count). The molecule has 26 heavy (non-hydrogen) atoms. The molecular weight excluding hydrogens is 342 g/mol. The number of fused-ring (bicyclic) bond motifs is 2. The van der Waals surface area contributed by atoms with E-state index < -0.39 is 0 Å². The van der Waals surface area contributed by atoms with E-state index in [1.54, 1.807) is 12.1 Å². The number of aryl methyl sites for hydroxylation is 2. The minimum absolute atomic E-state index is 0.0601. The van der Waals surface area contributed by atoms with Crippen molar-refractivity contribution < 1.29 is 9.90 Å². The van der Waals surface area contributed by atoms with Crippen LogP contribution in [-0.2, 0) is 17.6 Å². The lowest BCUT2D eigenvalue weighted by Crippen LogP contribution is -2.28. The number of hydrogen-bond donors (Lipinski definition) is 1. The molecule has 3 nitrogen and oxygen atoms in total. The number of benzene rings is 3. The van der Waals surface area contributed by atoms with Gasteiger partial charge in [-0.05, 0) is 60.4 Å². The van der Waals surface area contributed by atoms with E-state index in [0.29, 0.717) is 5.75 Å². The number of anilines is 2. The van der Waals surface area contributed by atoms with E-state index in [1.165, 1.54) is 22.9 Å². The van der Waals surface area contributed by atoms with Gasteiger partial charge in [0.1, 0.15) is 5.75 Å². The fraction of sp³-hybridized carbons (Fsp3) is 0.136. The number of carbonyl (C=O) groups excluding carboxylic acids is 1. The molecule has 1 aliphatic rings. The number of carbonyl (C=O) groups is 1. The molecule has 3 aromatic carbocycles. The molecule has 1 aliphatic heterocycles. The van der Waals surface area contributed by atoms with E-state index in [4.69, 9.17) is 0 Å². The van der Waals surface area contributed by atoms with Gasteiger partial charge in [0, 0.05) is 4.90 Å². The van der Waals surface area contributed by atoms with Crippen LogP contribution < -0.4 is 4.90 Å². The molecule has 1 amide bonds. The van der Waals surface area contributed by atoms with Crippen LogP contribution in [0.1, 0.15) is 11.1 Å². The summed E-state index contributed by atoms with van der Waals surface area (Å²) in [5, 5.41) is 9.40. The van der Waals surface area contributed by atoms with Crippen molar-refractivity contribution >= 4 is 29.0 Å². The van der Waals surface area contributed by atoms with E-state index in [-0.39, 0.29) is 11.7 Å². The first-order valence-electron chi connectivity index (χ1n) is 8.63. The fourth-order valence-electron chi connectivity index (χ4n) is 3.30. The van der Waals surface area contributed by atoms with Crippen molar-refractivity contribution in [3.8, 4) is 5.75 Å². The highest BCUT2D eigenvalue weighted by atomic mass is 32.2. The summed E-state index contributed by atoms with van der Waals surface area (Å²) in [4.78, 5) is 16.0. The second-order valence-corrected chi connectivity index (χ2v) is 7.32. The van der Waals surface area contributed by atoms with Crippen LogP contribution in [0.25, 0.3) is 0 Å². The van der Waals surface area contributed by atoms with Gasteiger partial charge in [-0.25, -0.2) is 0 Å². The molecule has 1 N–H and O–H groups in total. The molecule has 0 fully saturated rings. The Kier molecular flexibility index (Phi) is 4.67. The van der Waals surface area contributed by atoms with E-state index in [0.717, 1.165) is 29.1 Å². The highest BCUT2D eigenvalue weighted by molar-refractivity contribution is 8.00. The lowest BCUT2D eigenvalue weighted by atomic mass is 10.0. The summed E-state index contributed by atoms with van der Waals surface area (Å²) in [6, 6.07) is 23.2. The van der Waals surface area contributed by atoms with Crippen LogP contribution in [0, 0.1) is 0 Å². The van der Waals surface area contributed by atoms with Crippen molar-refractivity contribution in [3.63, 3.8) is 0 Å². The lowest BCUT2D eigenvalue weighted by molar-refractivity contribution is -0.115. The van der Waals surface area contributed by atoms with Gasteiger partial charge in [-0.1, -0.05) is 36.4 Å². The van der Waals surface area contributed by atoms with Gasteiger partial charge in [-0.3, -0.25) is 9.69 Å². The fourth-order valence-corrected chi connectivity index (χ4v) is 4.05. The predicted molar refractivity (Wildman–Crippen MR) is 106 cm³/mol. The highest BCUT2D eigenvalue weighted by Crippen LogP contribution is 2.36. The Morgan fingerprint density at radius 1 is 0.846 bits per heavy atom. The van der Waals surface area contributed by atoms with Crippen molar-refractivity contribution in [3.05, 3.63) is 83.9 Å². The first kappa shape index (κ1) is 16.7. The summed E-state index contributed by atoms with van der Waals surface area (Å²) in [5.41, 5.74) is 4.36. The van der Waals surface area contributed by atoms with Crippen molar-refractivity contribution in [2.45, 2.75) is 17.7 Å². The van der Waals surface area contributed by atoms with Crippen molar-refractivity contribution in [1.29, 1.82) is 0 Å². The summed E-state index contributed by atoms with van der Waals surface area (Å²) in [7, 11) is 0. The zero-order chi connectivity index (χ0) is 17.9. The molecule has 4 heteroatoms. The van der Waals surface area contributed by atoms with Crippen LogP contribution in [0.2, 0.25) is 0 Å². The first-order valence-corrected chi connectivity index (χ1v) is 9.61. The second kappa shape index (κ2) is 7.26. The van der Waals surface area contributed by atoms with Gasteiger partial charge in [-0.15, -0.1) is 11.8 Å². The number of para-hydroxylation sites is 2. The average molecular weight is 361 g/mol. The molecular formula is C22H19NO2S. The SMILES string of the molecule is O=C(CSc1ccc(O)cc1)N1c2ccccc2CCc2ccccc21. The minimum Gasteiger partial charge on any atom is -0.508 e. The third kappa shape index (κ3) is 3.33. The second-order valence-electron chi connectivity index (χ2n) is 6.27. The Morgan fingerprint density at radius 3 is 1.96 bits per heavy atom. The molecule has 0 radical (unpaired) electrons. The third-order valence-corrected chi connectivity index (χ3v) is 5.57. The number of amides is 1. The third-order valence-electron chi connectivity index (χ3n) is 4.58. The Labute approximate surface area is 157 Å². The van der Waals surface area contributed by atoms with Crippen LogP contribution >= 0.6 is 11.8 Å². The normalized spacial score (nSPS) is 12.8. The lowest BCUT2D eigenvalue weighted by Gasteiger charge is -2.25. The molecule has 0 aromatic heterocycles. The summed E-state index contributed by atoms with van der Waals surface area (Å²) in [5.74, 6) is 0.633. The number of rotatable bonds is 3. The molecule has 0 aliphatic carbocycles. The van der Waals surface area contributed by atoms with Crippen LogP contribution in [0.15, 0.2) is 77.7 Å². The summed E-state index contributed by atoms with van der Waals surface area (Å²) in [6.45, 7) is 0. The molecule has 0 unspecified atom stereocenters. The van der Waals surface area contributed by atoms with Crippen LogP contribution in [-0.4, -0.2) is 16.8 Å². The van der Waals surface area contributed by atoms with E-state index >= 15 is 0 Å². The number of hydrogen-bond acceptors (Lipinski definition) is 3. The summed E-state index contributed by atoms with van der Waals surface area (Å²) in [6.07, 6.45) is 1.87.